The first-order chi connectivity index (χ1) is 26.5. The van der Waals surface area contributed by atoms with E-state index in [1.807, 2.05) is 36.7 Å². The van der Waals surface area contributed by atoms with Gasteiger partial charge in [0.1, 0.15) is 0 Å². The highest BCUT2D eigenvalue weighted by Gasteiger charge is 2.40. The lowest BCUT2D eigenvalue weighted by Gasteiger charge is -2.30. The molecule has 3 aromatic carbocycles. The third-order valence-electron chi connectivity index (χ3n) is 11.5. The minimum atomic E-state index is -0.0352. The van der Waals surface area contributed by atoms with Gasteiger partial charge in [-0.15, -0.1) is 0 Å². The molecule has 4 heterocycles. The fourth-order valence-electron chi connectivity index (χ4n) is 8.34. The summed E-state index contributed by atoms with van der Waals surface area (Å²) in [5.74, 6) is 0.508. The number of nitrogens with zero attached hydrogens (tertiary/aromatic N) is 4. The molecule has 7 aromatic rings. The van der Waals surface area contributed by atoms with Crippen LogP contribution in [0.3, 0.4) is 0 Å². The van der Waals surface area contributed by atoms with Gasteiger partial charge in [0.15, 0.2) is 0 Å². The summed E-state index contributed by atoms with van der Waals surface area (Å²) >= 11 is 0. The zero-order chi connectivity index (χ0) is 36.6. The van der Waals surface area contributed by atoms with E-state index in [9.17, 15) is 0 Å². The fraction of sp³-hybridized carbons (Fsp3) is 0.160. The molecule has 0 radical (unpaired) electrons. The van der Waals surface area contributed by atoms with Gasteiger partial charge in [-0.2, -0.15) is 0 Å². The highest BCUT2D eigenvalue weighted by atomic mass is 14.8. The average Bonchev–Trinajstić information content (AvgIpc) is 3.50. The van der Waals surface area contributed by atoms with Crippen LogP contribution in [0, 0.1) is 0 Å². The molecule has 0 fully saturated rings. The Morgan fingerprint density at radius 1 is 0.593 bits per heavy atom. The predicted octanol–water partition coefficient (Wildman–Crippen LogP) is 12.7. The van der Waals surface area contributed by atoms with Gasteiger partial charge in [-0.25, -0.2) is 9.97 Å². The van der Waals surface area contributed by atoms with E-state index in [4.69, 9.17) is 19.9 Å². The number of hydrogen-bond donors (Lipinski definition) is 0. The van der Waals surface area contributed by atoms with E-state index in [-0.39, 0.29) is 5.41 Å². The molecule has 54 heavy (non-hydrogen) atoms. The normalized spacial score (nSPS) is 15.5. The molecule has 0 aliphatic heterocycles. The SMILES string of the molecule is CCC1(CC)c2cc(/C=C/c3ccc(-c4ccc5c(n4)C=CCC5C)nc3)ccc2-c2ccc(/C=C/c3ccc(-c4ccc5ccccc5n4)nc3)cc21. The number of fused-ring (bicyclic) bond motifs is 5. The van der Waals surface area contributed by atoms with E-state index in [0.717, 1.165) is 69.8 Å². The van der Waals surface area contributed by atoms with E-state index in [1.54, 1.807) is 0 Å². The van der Waals surface area contributed by atoms with Gasteiger partial charge in [0.2, 0.25) is 0 Å². The van der Waals surface area contributed by atoms with E-state index < -0.39 is 0 Å². The summed E-state index contributed by atoms with van der Waals surface area (Å²) in [4.78, 5) is 19.3. The third kappa shape index (κ3) is 6.08. The van der Waals surface area contributed by atoms with Crippen molar-refractivity contribution in [3.05, 3.63) is 172 Å². The summed E-state index contributed by atoms with van der Waals surface area (Å²) < 4.78 is 0. The van der Waals surface area contributed by atoms with Gasteiger partial charge in [0.25, 0.3) is 0 Å². The van der Waals surface area contributed by atoms with Crippen LogP contribution in [0.15, 0.2) is 128 Å². The van der Waals surface area contributed by atoms with Crippen LogP contribution < -0.4 is 0 Å². The number of para-hydroxylation sites is 1. The van der Waals surface area contributed by atoms with Gasteiger partial charge in [-0.1, -0.05) is 130 Å². The van der Waals surface area contributed by atoms with Crippen molar-refractivity contribution in [1.29, 1.82) is 0 Å². The molecular weight excluding hydrogens is 657 g/mol. The van der Waals surface area contributed by atoms with Crippen LogP contribution in [0.4, 0.5) is 0 Å². The molecule has 0 saturated carbocycles. The number of rotatable bonds is 8. The Hall–Kier alpha value is -6.26. The Bertz CT molecular complexity index is 2610. The molecule has 9 rings (SSSR count). The molecule has 0 amide bonds. The predicted molar refractivity (Wildman–Crippen MR) is 226 cm³/mol. The van der Waals surface area contributed by atoms with Gasteiger partial charge in [-0.05, 0) is 112 Å². The van der Waals surface area contributed by atoms with Crippen molar-refractivity contribution in [1.82, 2.24) is 19.9 Å². The van der Waals surface area contributed by atoms with Crippen LogP contribution in [0.1, 0.15) is 90.6 Å². The third-order valence-corrected chi connectivity index (χ3v) is 11.5. The minimum Gasteiger partial charge on any atom is -0.254 e. The Morgan fingerprint density at radius 2 is 1.15 bits per heavy atom. The maximum absolute atomic E-state index is 4.91. The summed E-state index contributed by atoms with van der Waals surface area (Å²) in [7, 11) is 0. The van der Waals surface area contributed by atoms with Crippen molar-refractivity contribution in [3.63, 3.8) is 0 Å². The second kappa shape index (κ2) is 13.9. The topological polar surface area (TPSA) is 51.6 Å². The van der Waals surface area contributed by atoms with Crippen molar-refractivity contribution < 1.29 is 0 Å². The highest BCUT2D eigenvalue weighted by Crippen LogP contribution is 2.53. The van der Waals surface area contributed by atoms with Crippen LogP contribution in [0.25, 0.3) is 75.2 Å². The molecule has 0 bridgehead atoms. The molecule has 1 atom stereocenters. The molecule has 0 N–H and O–H groups in total. The number of hydrogen-bond acceptors (Lipinski definition) is 4. The van der Waals surface area contributed by atoms with Crippen LogP contribution in [0.5, 0.6) is 0 Å². The molecule has 2 aliphatic carbocycles. The minimum absolute atomic E-state index is 0.0352. The highest BCUT2D eigenvalue weighted by molar-refractivity contribution is 5.85. The van der Waals surface area contributed by atoms with Crippen molar-refractivity contribution in [2.75, 3.05) is 0 Å². The summed E-state index contributed by atoms with van der Waals surface area (Å²) in [6.07, 6.45) is 20.1. The lowest BCUT2D eigenvalue weighted by Crippen LogP contribution is -2.23. The first kappa shape index (κ1) is 33.6. The molecular formula is C50H42N4. The van der Waals surface area contributed by atoms with Crippen LogP contribution in [0.2, 0.25) is 0 Å². The summed E-state index contributed by atoms with van der Waals surface area (Å²) in [6.45, 7) is 6.91. The molecule has 4 heteroatoms. The maximum Gasteiger partial charge on any atom is 0.0893 e. The molecule has 1 unspecified atom stereocenters. The monoisotopic (exact) mass is 698 g/mol. The first-order valence-electron chi connectivity index (χ1n) is 19.1. The number of pyridine rings is 4. The lowest BCUT2D eigenvalue weighted by atomic mass is 9.73. The van der Waals surface area contributed by atoms with Gasteiger partial charge < -0.3 is 0 Å². The quantitative estimate of drug-likeness (QED) is 0.159. The summed E-state index contributed by atoms with van der Waals surface area (Å²) in [5.41, 5.74) is 16.9. The van der Waals surface area contributed by atoms with Crippen molar-refractivity contribution in [2.24, 2.45) is 0 Å². The Morgan fingerprint density at radius 3 is 1.76 bits per heavy atom. The number of aromatic nitrogens is 4. The first-order valence-corrected chi connectivity index (χ1v) is 19.1. The fourth-order valence-corrected chi connectivity index (χ4v) is 8.34. The van der Waals surface area contributed by atoms with Crippen molar-refractivity contribution in [3.8, 4) is 33.9 Å². The second-order valence-corrected chi connectivity index (χ2v) is 14.6. The van der Waals surface area contributed by atoms with Gasteiger partial charge >= 0.3 is 0 Å². The number of benzene rings is 3. The Labute approximate surface area is 317 Å². The van der Waals surface area contributed by atoms with Crippen molar-refractivity contribution >= 4 is 41.3 Å². The molecule has 4 aromatic heterocycles. The molecule has 4 nitrogen and oxygen atoms in total. The lowest BCUT2D eigenvalue weighted by molar-refractivity contribution is 0.490. The van der Waals surface area contributed by atoms with Gasteiger partial charge in [0.05, 0.1) is 34.0 Å². The van der Waals surface area contributed by atoms with Crippen LogP contribution in [-0.4, -0.2) is 19.9 Å². The summed E-state index contributed by atoms with van der Waals surface area (Å²) in [6, 6.07) is 38.9. The van der Waals surface area contributed by atoms with E-state index in [0.29, 0.717) is 5.92 Å². The zero-order valence-corrected chi connectivity index (χ0v) is 31.0. The van der Waals surface area contributed by atoms with Crippen LogP contribution in [-0.2, 0) is 5.41 Å². The molecule has 0 saturated heterocycles. The van der Waals surface area contributed by atoms with Crippen LogP contribution >= 0.6 is 0 Å². The largest absolute Gasteiger partial charge is 0.254 e. The Balaban J connectivity index is 0.930. The van der Waals surface area contributed by atoms with Gasteiger partial charge in [0, 0.05) is 23.2 Å². The zero-order valence-electron chi connectivity index (χ0n) is 31.0. The van der Waals surface area contributed by atoms with Crippen molar-refractivity contribution in [2.45, 2.75) is 51.4 Å². The molecule has 2 aliphatic rings. The van der Waals surface area contributed by atoms with Gasteiger partial charge in [-0.3, -0.25) is 9.97 Å². The smallest absolute Gasteiger partial charge is 0.0893 e. The maximum atomic E-state index is 4.91. The average molecular weight is 699 g/mol. The second-order valence-electron chi connectivity index (χ2n) is 14.6. The van der Waals surface area contributed by atoms with E-state index in [1.165, 1.54) is 38.9 Å². The Kier molecular flexibility index (Phi) is 8.67. The van der Waals surface area contributed by atoms with E-state index >= 15 is 0 Å². The number of allylic oxidation sites excluding steroid dienone is 1. The standard InChI is InChI=1S/C50H42N4/c1-4-50(5-2)42-29-34(13-15-36-19-25-46(51-31-36)48-27-21-38-10-6-7-11-44(38)53-48)17-22-40(42)41-23-18-35(30-43(41)50)14-16-37-20-26-47(52-32-37)49-28-24-39-33(3)9-8-12-45(39)54-49/h6-8,10-33H,4-5,9H2,1-3H3/b15-13+,16-14+. The molecule has 262 valence electrons. The molecule has 0 spiro atoms. The summed E-state index contributed by atoms with van der Waals surface area (Å²) in [5, 5.41) is 1.13. The van der Waals surface area contributed by atoms with E-state index in [2.05, 4.69) is 142 Å².